The zero-order valence-electron chi connectivity index (χ0n) is 20.4. The highest BCUT2D eigenvalue weighted by atomic mass is 32.2. The maximum Gasteiger partial charge on any atom is 0.245 e. The minimum atomic E-state index is -3.37. The Labute approximate surface area is 206 Å². The molecule has 1 aliphatic heterocycles. The third-order valence-corrected chi connectivity index (χ3v) is 8.76. The second-order valence-corrected chi connectivity index (χ2v) is 12.5. The topological polar surface area (TPSA) is 99.5 Å². The second kappa shape index (κ2) is 10.5. The van der Waals surface area contributed by atoms with Gasteiger partial charge in [-0.05, 0) is 56.4 Å². The summed E-state index contributed by atoms with van der Waals surface area (Å²) in [4.78, 5) is 17.5. The molecule has 0 bridgehead atoms. The molecule has 35 heavy (non-hydrogen) atoms. The van der Waals surface area contributed by atoms with Crippen molar-refractivity contribution in [3.63, 3.8) is 0 Å². The Morgan fingerprint density at radius 3 is 2.57 bits per heavy atom. The van der Waals surface area contributed by atoms with Crippen molar-refractivity contribution < 1.29 is 22.8 Å². The summed E-state index contributed by atoms with van der Waals surface area (Å²) in [6.45, 7) is 3.44. The third-order valence-electron chi connectivity index (χ3n) is 6.61. The summed E-state index contributed by atoms with van der Waals surface area (Å²) < 4.78 is 30.1. The Balaban J connectivity index is 1.27. The molecule has 1 fully saturated rings. The van der Waals surface area contributed by atoms with Crippen molar-refractivity contribution >= 4 is 26.6 Å². The monoisotopic (exact) mass is 499 g/mol. The van der Waals surface area contributed by atoms with Gasteiger partial charge in [-0.1, -0.05) is 36.4 Å². The summed E-state index contributed by atoms with van der Waals surface area (Å²) in [6.07, 6.45) is 5.76. The van der Waals surface area contributed by atoms with Gasteiger partial charge in [0.2, 0.25) is 5.91 Å². The first-order valence-corrected chi connectivity index (χ1v) is 13.8. The fraction of sp³-hybridized carbons (Fsp3) is 0.462. The number of hydrogen-bond donors (Lipinski definition) is 1. The van der Waals surface area contributed by atoms with Gasteiger partial charge in [0.05, 0.1) is 22.9 Å². The van der Waals surface area contributed by atoms with E-state index in [4.69, 9.17) is 14.7 Å². The number of sulfone groups is 1. The van der Waals surface area contributed by atoms with Gasteiger partial charge in [0.1, 0.15) is 0 Å². The highest BCUT2D eigenvalue weighted by Crippen LogP contribution is 2.26. The van der Waals surface area contributed by atoms with Gasteiger partial charge in [0, 0.05) is 30.7 Å². The molecule has 0 saturated carbocycles. The van der Waals surface area contributed by atoms with Crippen LogP contribution in [0.25, 0.3) is 10.9 Å². The maximum atomic E-state index is 12.1. The highest BCUT2D eigenvalue weighted by Gasteiger charge is 2.33. The van der Waals surface area contributed by atoms with Crippen LogP contribution in [-0.2, 0) is 37.0 Å². The van der Waals surface area contributed by atoms with Crippen LogP contribution >= 0.6 is 0 Å². The molecule has 8 nitrogen and oxygen atoms in total. The van der Waals surface area contributed by atoms with Crippen LogP contribution < -0.4 is 5.48 Å². The van der Waals surface area contributed by atoms with Crippen molar-refractivity contribution in [2.24, 2.45) is 0 Å². The largest absolute Gasteiger partial charge is 0.348 e. The van der Waals surface area contributed by atoms with Crippen LogP contribution in [0.2, 0.25) is 0 Å². The van der Waals surface area contributed by atoms with E-state index in [9.17, 15) is 13.2 Å². The molecule has 4 rings (SSSR count). The Bertz CT molecular complexity index is 1260. The lowest BCUT2D eigenvalue weighted by molar-refractivity contribution is -0.208. The number of rotatable bonds is 9. The van der Waals surface area contributed by atoms with Crippen LogP contribution in [-0.4, -0.2) is 48.0 Å². The molecular weight excluding hydrogens is 466 g/mol. The van der Waals surface area contributed by atoms with Gasteiger partial charge in [0.25, 0.3) is 0 Å². The first kappa shape index (κ1) is 25.3. The average molecular weight is 500 g/mol. The lowest BCUT2D eigenvalue weighted by Gasteiger charge is -2.29. The SMILES string of the molecule is CC(C)(CC(=O)NOC1CCC(n2cc3cc(CCc4ccccc4)ccc3n2)CO1)S(C)(=O)=O. The van der Waals surface area contributed by atoms with Gasteiger partial charge in [-0.15, -0.1) is 0 Å². The number of carbonyl (C=O) groups is 1. The smallest absolute Gasteiger partial charge is 0.245 e. The molecule has 1 aliphatic rings. The number of hydrogen-bond acceptors (Lipinski definition) is 6. The molecule has 1 saturated heterocycles. The van der Waals surface area contributed by atoms with Gasteiger partial charge in [-0.2, -0.15) is 5.10 Å². The van der Waals surface area contributed by atoms with E-state index in [0.717, 1.165) is 36.4 Å². The van der Waals surface area contributed by atoms with Crippen LogP contribution in [0.3, 0.4) is 0 Å². The fourth-order valence-electron chi connectivity index (χ4n) is 4.07. The molecule has 188 valence electrons. The number of benzene rings is 2. The normalized spacial score (nSPS) is 19.1. The second-order valence-electron chi connectivity index (χ2n) is 9.83. The Kier molecular flexibility index (Phi) is 7.59. The number of aromatic nitrogens is 2. The number of nitrogens with one attached hydrogen (secondary N) is 1. The standard InChI is InChI=1S/C26H33N3O5S/c1-26(2,35(3,31)32)16-24(30)28-34-25-14-12-22(18-33-25)29-17-21-15-20(11-13-23(21)27-29)10-9-19-7-5-4-6-8-19/h4-8,11,13,15,17,22,25H,9-10,12,14,16,18H2,1-3H3,(H,28,30). The lowest BCUT2D eigenvalue weighted by Crippen LogP contribution is -2.40. The number of amides is 1. The van der Waals surface area contributed by atoms with E-state index in [1.807, 2.05) is 10.7 Å². The minimum absolute atomic E-state index is 0.0786. The van der Waals surface area contributed by atoms with E-state index in [2.05, 4.69) is 54.1 Å². The Morgan fingerprint density at radius 1 is 1.14 bits per heavy atom. The van der Waals surface area contributed by atoms with Crippen molar-refractivity contribution in [1.82, 2.24) is 15.3 Å². The van der Waals surface area contributed by atoms with Crippen LogP contribution in [0.5, 0.6) is 0 Å². The molecule has 2 atom stereocenters. The van der Waals surface area contributed by atoms with Gasteiger partial charge >= 0.3 is 0 Å². The number of aryl methyl sites for hydroxylation is 2. The van der Waals surface area contributed by atoms with E-state index >= 15 is 0 Å². The summed E-state index contributed by atoms with van der Waals surface area (Å²) in [5.41, 5.74) is 5.90. The zero-order valence-corrected chi connectivity index (χ0v) is 21.3. The van der Waals surface area contributed by atoms with Crippen LogP contribution in [0.15, 0.2) is 54.7 Å². The molecule has 3 aromatic rings. The number of hydroxylamine groups is 1. The highest BCUT2D eigenvalue weighted by molar-refractivity contribution is 7.92. The number of ether oxygens (including phenoxy) is 1. The van der Waals surface area contributed by atoms with E-state index in [1.54, 1.807) is 0 Å². The maximum absolute atomic E-state index is 12.1. The van der Waals surface area contributed by atoms with Crippen molar-refractivity contribution in [2.45, 2.75) is 63.0 Å². The summed E-state index contributed by atoms with van der Waals surface area (Å²) in [7, 11) is -3.37. The van der Waals surface area contributed by atoms with Gasteiger partial charge < -0.3 is 4.74 Å². The molecule has 0 aliphatic carbocycles. The lowest BCUT2D eigenvalue weighted by atomic mass is 10.0. The van der Waals surface area contributed by atoms with Gasteiger partial charge in [-0.25, -0.2) is 18.7 Å². The Morgan fingerprint density at radius 2 is 1.89 bits per heavy atom. The van der Waals surface area contributed by atoms with E-state index < -0.39 is 26.8 Å². The van der Waals surface area contributed by atoms with Crippen LogP contribution in [0.1, 0.15) is 50.3 Å². The van der Waals surface area contributed by atoms with E-state index in [0.29, 0.717) is 13.0 Å². The average Bonchev–Trinajstić information content (AvgIpc) is 3.25. The number of nitrogens with zero attached hydrogens (tertiary/aromatic N) is 2. The summed E-state index contributed by atoms with van der Waals surface area (Å²) in [6, 6.07) is 17.0. The molecular formula is C26H33N3O5S. The molecule has 1 N–H and O–H groups in total. The number of fused-ring (bicyclic) bond motifs is 1. The molecule has 9 heteroatoms. The van der Waals surface area contributed by atoms with Crippen molar-refractivity contribution in [1.29, 1.82) is 0 Å². The quantitative estimate of drug-likeness (QED) is 0.450. The first-order valence-electron chi connectivity index (χ1n) is 11.9. The summed E-state index contributed by atoms with van der Waals surface area (Å²) in [5, 5.41) is 5.83. The first-order chi connectivity index (χ1) is 16.6. The van der Waals surface area contributed by atoms with Gasteiger partial charge in [0.15, 0.2) is 16.1 Å². The molecule has 1 amide bonds. The molecule has 0 radical (unpaired) electrons. The van der Waals surface area contributed by atoms with E-state index in [1.165, 1.54) is 25.0 Å². The summed E-state index contributed by atoms with van der Waals surface area (Å²) >= 11 is 0. The van der Waals surface area contributed by atoms with Crippen molar-refractivity contribution in [3.8, 4) is 0 Å². The molecule has 2 heterocycles. The molecule has 1 aromatic heterocycles. The van der Waals surface area contributed by atoms with Crippen molar-refractivity contribution in [3.05, 3.63) is 65.9 Å². The van der Waals surface area contributed by atoms with Crippen LogP contribution in [0, 0.1) is 0 Å². The summed E-state index contributed by atoms with van der Waals surface area (Å²) in [5.74, 6) is -0.493. The predicted octanol–water partition coefficient (Wildman–Crippen LogP) is 3.76. The minimum Gasteiger partial charge on any atom is -0.348 e. The predicted molar refractivity (Wildman–Crippen MR) is 134 cm³/mol. The molecule has 2 aromatic carbocycles. The third kappa shape index (κ3) is 6.48. The molecule has 0 spiro atoms. The Hall–Kier alpha value is -2.75. The van der Waals surface area contributed by atoms with E-state index in [-0.39, 0.29) is 12.5 Å². The fourth-order valence-corrected chi connectivity index (χ4v) is 4.46. The van der Waals surface area contributed by atoms with Crippen molar-refractivity contribution in [2.75, 3.05) is 12.9 Å². The van der Waals surface area contributed by atoms with Crippen LogP contribution in [0.4, 0.5) is 0 Å². The molecule has 2 unspecified atom stereocenters. The van der Waals surface area contributed by atoms with Gasteiger partial charge in [-0.3, -0.25) is 9.48 Å². The number of carbonyl (C=O) groups excluding carboxylic acids is 1. The zero-order chi connectivity index (χ0) is 25.1.